The van der Waals surface area contributed by atoms with Gasteiger partial charge in [-0.25, -0.2) is 0 Å². The van der Waals surface area contributed by atoms with Crippen LogP contribution in [0.25, 0.3) is 0 Å². The SMILES string of the molecule is CC(C)(C)N1CC2C3C=C[C@H](C3)C2C1. The minimum atomic E-state index is 0.379. The van der Waals surface area contributed by atoms with Crippen LogP contribution < -0.4 is 0 Å². The van der Waals surface area contributed by atoms with Gasteiger partial charge in [-0.2, -0.15) is 0 Å². The quantitative estimate of drug-likeness (QED) is 0.532. The van der Waals surface area contributed by atoms with Crippen molar-refractivity contribution in [3.05, 3.63) is 12.2 Å². The molecule has 2 aliphatic carbocycles. The highest BCUT2D eigenvalue weighted by atomic mass is 15.2. The molecule has 1 aliphatic heterocycles. The van der Waals surface area contributed by atoms with E-state index in [0.29, 0.717) is 5.54 Å². The highest BCUT2D eigenvalue weighted by Crippen LogP contribution is 2.52. The van der Waals surface area contributed by atoms with E-state index in [9.17, 15) is 0 Å². The third-order valence-corrected chi connectivity index (χ3v) is 4.61. The molecule has 14 heavy (non-hydrogen) atoms. The Hall–Kier alpha value is -0.300. The molecule has 0 aromatic rings. The molecule has 3 unspecified atom stereocenters. The molecule has 1 saturated carbocycles. The van der Waals surface area contributed by atoms with E-state index in [4.69, 9.17) is 0 Å². The van der Waals surface area contributed by atoms with E-state index in [1.165, 1.54) is 19.5 Å². The maximum atomic E-state index is 2.69. The van der Waals surface area contributed by atoms with Crippen LogP contribution in [0.2, 0.25) is 0 Å². The standard InChI is InChI=1S/C13H21N/c1-13(2,3)14-7-11-9-4-5-10(6-9)12(11)8-14/h4-5,9-12H,6-8H2,1-3H3/t9-,10?,11?,12?/m1/s1. The second-order valence-electron chi connectivity index (χ2n) is 6.35. The summed E-state index contributed by atoms with van der Waals surface area (Å²) in [6.45, 7) is 9.75. The minimum absolute atomic E-state index is 0.379. The molecule has 78 valence electrons. The van der Waals surface area contributed by atoms with E-state index in [0.717, 1.165) is 23.7 Å². The van der Waals surface area contributed by atoms with Crippen LogP contribution in [0.3, 0.4) is 0 Å². The number of nitrogens with zero attached hydrogens (tertiary/aromatic N) is 1. The van der Waals surface area contributed by atoms with E-state index < -0.39 is 0 Å². The zero-order valence-corrected chi connectivity index (χ0v) is 9.53. The fourth-order valence-electron chi connectivity index (χ4n) is 3.70. The van der Waals surface area contributed by atoms with Crippen molar-refractivity contribution < 1.29 is 0 Å². The molecule has 2 bridgehead atoms. The van der Waals surface area contributed by atoms with Gasteiger partial charge in [-0.1, -0.05) is 12.2 Å². The van der Waals surface area contributed by atoms with Gasteiger partial charge in [-0.05, 0) is 50.9 Å². The molecular weight excluding hydrogens is 170 g/mol. The topological polar surface area (TPSA) is 3.24 Å². The molecule has 3 rings (SSSR count). The molecule has 0 spiro atoms. The fraction of sp³-hybridized carbons (Fsp3) is 0.846. The summed E-state index contributed by atoms with van der Waals surface area (Å²) in [4.78, 5) is 2.69. The minimum Gasteiger partial charge on any atom is -0.298 e. The molecule has 0 amide bonds. The van der Waals surface area contributed by atoms with Crippen LogP contribution in [-0.4, -0.2) is 23.5 Å². The Balaban J connectivity index is 1.79. The summed E-state index contributed by atoms with van der Waals surface area (Å²) in [5.74, 6) is 3.84. The summed E-state index contributed by atoms with van der Waals surface area (Å²) in [5.41, 5.74) is 0.379. The molecule has 1 heteroatoms. The van der Waals surface area contributed by atoms with Crippen molar-refractivity contribution in [2.75, 3.05) is 13.1 Å². The van der Waals surface area contributed by atoms with Crippen LogP contribution in [0.5, 0.6) is 0 Å². The summed E-state index contributed by atoms with van der Waals surface area (Å²) in [6, 6.07) is 0. The van der Waals surface area contributed by atoms with Gasteiger partial charge in [0.05, 0.1) is 0 Å². The molecule has 0 aromatic heterocycles. The second-order valence-corrected chi connectivity index (χ2v) is 6.35. The highest BCUT2D eigenvalue weighted by Gasteiger charge is 2.50. The van der Waals surface area contributed by atoms with Gasteiger partial charge in [0.25, 0.3) is 0 Å². The van der Waals surface area contributed by atoms with E-state index in [-0.39, 0.29) is 0 Å². The molecule has 1 heterocycles. The Morgan fingerprint density at radius 2 is 1.50 bits per heavy atom. The molecule has 4 atom stereocenters. The first-order valence-corrected chi connectivity index (χ1v) is 5.99. The van der Waals surface area contributed by atoms with Gasteiger partial charge in [0.15, 0.2) is 0 Å². The molecule has 0 radical (unpaired) electrons. The van der Waals surface area contributed by atoms with Gasteiger partial charge in [0, 0.05) is 18.6 Å². The lowest BCUT2D eigenvalue weighted by Gasteiger charge is -2.32. The van der Waals surface area contributed by atoms with Crippen LogP contribution >= 0.6 is 0 Å². The molecule has 1 saturated heterocycles. The first-order valence-electron chi connectivity index (χ1n) is 5.99. The van der Waals surface area contributed by atoms with Crippen LogP contribution in [0.1, 0.15) is 27.2 Å². The largest absolute Gasteiger partial charge is 0.298 e. The van der Waals surface area contributed by atoms with Crippen molar-refractivity contribution in [3.8, 4) is 0 Å². The van der Waals surface area contributed by atoms with E-state index in [1.807, 2.05) is 0 Å². The molecule has 3 aliphatic rings. The van der Waals surface area contributed by atoms with Gasteiger partial charge >= 0.3 is 0 Å². The Morgan fingerprint density at radius 3 is 1.93 bits per heavy atom. The summed E-state index contributed by atoms with van der Waals surface area (Å²) >= 11 is 0. The van der Waals surface area contributed by atoms with Gasteiger partial charge in [-0.3, -0.25) is 4.90 Å². The summed E-state index contributed by atoms with van der Waals surface area (Å²) in [5, 5.41) is 0. The van der Waals surface area contributed by atoms with Crippen molar-refractivity contribution >= 4 is 0 Å². The van der Waals surface area contributed by atoms with Gasteiger partial charge in [0.1, 0.15) is 0 Å². The molecule has 0 aromatic carbocycles. The summed E-state index contributed by atoms with van der Waals surface area (Å²) in [7, 11) is 0. The number of fused-ring (bicyclic) bond motifs is 5. The van der Waals surface area contributed by atoms with Crippen molar-refractivity contribution in [1.29, 1.82) is 0 Å². The van der Waals surface area contributed by atoms with E-state index in [1.54, 1.807) is 0 Å². The predicted molar refractivity (Wildman–Crippen MR) is 59.0 cm³/mol. The third kappa shape index (κ3) is 1.11. The Morgan fingerprint density at radius 1 is 1.00 bits per heavy atom. The van der Waals surface area contributed by atoms with Crippen molar-refractivity contribution in [3.63, 3.8) is 0 Å². The predicted octanol–water partition coefficient (Wildman–Crippen LogP) is 2.54. The van der Waals surface area contributed by atoms with Crippen molar-refractivity contribution in [1.82, 2.24) is 4.90 Å². The van der Waals surface area contributed by atoms with Crippen LogP contribution in [-0.2, 0) is 0 Å². The second kappa shape index (κ2) is 2.63. The third-order valence-electron chi connectivity index (χ3n) is 4.61. The monoisotopic (exact) mass is 191 g/mol. The first-order chi connectivity index (χ1) is 6.55. The fourth-order valence-corrected chi connectivity index (χ4v) is 3.70. The smallest absolute Gasteiger partial charge is 0.0125 e. The maximum Gasteiger partial charge on any atom is 0.0125 e. The molecule has 1 nitrogen and oxygen atoms in total. The Labute approximate surface area is 87.2 Å². The zero-order valence-electron chi connectivity index (χ0n) is 9.53. The van der Waals surface area contributed by atoms with Crippen LogP contribution in [0.4, 0.5) is 0 Å². The average Bonchev–Trinajstić information content (AvgIpc) is 2.74. The molecular formula is C13H21N. The van der Waals surface area contributed by atoms with Gasteiger partial charge in [-0.15, -0.1) is 0 Å². The van der Waals surface area contributed by atoms with E-state index >= 15 is 0 Å². The van der Waals surface area contributed by atoms with Crippen LogP contribution in [0.15, 0.2) is 12.2 Å². The maximum absolute atomic E-state index is 2.69. The number of hydrogen-bond donors (Lipinski definition) is 0. The lowest BCUT2D eigenvalue weighted by atomic mass is 9.86. The number of allylic oxidation sites excluding steroid dienone is 2. The zero-order chi connectivity index (χ0) is 9.92. The lowest BCUT2D eigenvalue weighted by molar-refractivity contribution is 0.156. The van der Waals surface area contributed by atoms with E-state index in [2.05, 4.69) is 37.8 Å². The van der Waals surface area contributed by atoms with Crippen molar-refractivity contribution in [2.24, 2.45) is 23.7 Å². The molecule has 0 N–H and O–H groups in total. The number of likely N-dealkylation sites (tertiary alicyclic amines) is 1. The normalized spacial score (nSPS) is 46.2. The van der Waals surface area contributed by atoms with Crippen molar-refractivity contribution in [2.45, 2.75) is 32.7 Å². The Kier molecular flexibility index (Phi) is 1.69. The summed E-state index contributed by atoms with van der Waals surface area (Å²) in [6.07, 6.45) is 6.43. The average molecular weight is 191 g/mol. The summed E-state index contributed by atoms with van der Waals surface area (Å²) < 4.78 is 0. The number of hydrogen-bond acceptors (Lipinski definition) is 1. The Bertz CT molecular complexity index is 253. The lowest BCUT2D eigenvalue weighted by Crippen LogP contribution is -2.40. The van der Waals surface area contributed by atoms with Gasteiger partial charge < -0.3 is 0 Å². The number of rotatable bonds is 0. The van der Waals surface area contributed by atoms with Gasteiger partial charge in [0.2, 0.25) is 0 Å². The first kappa shape index (κ1) is 8.96. The van der Waals surface area contributed by atoms with Crippen LogP contribution in [0, 0.1) is 23.7 Å². The molecule has 2 fully saturated rings. The highest BCUT2D eigenvalue weighted by molar-refractivity contribution is 5.16.